The number of rotatable bonds is 4. The van der Waals surface area contributed by atoms with Crippen molar-refractivity contribution < 1.29 is 14.3 Å². The van der Waals surface area contributed by atoms with Crippen molar-refractivity contribution in [2.45, 2.75) is 19.4 Å². The summed E-state index contributed by atoms with van der Waals surface area (Å²) < 4.78 is 14.6. The van der Waals surface area contributed by atoms with Gasteiger partial charge in [-0.25, -0.2) is 18.5 Å². The monoisotopic (exact) mass is 333 g/mol. The number of aromatic nitrogens is 2. The smallest absolute Gasteiger partial charge is 0.352 e. The van der Waals surface area contributed by atoms with Gasteiger partial charge >= 0.3 is 11.7 Å². The van der Waals surface area contributed by atoms with Crippen molar-refractivity contribution in [3.8, 4) is 5.69 Å². The van der Waals surface area contributed by atoms with Gasteiger partial charge in [-0.2, -0.15) is 0 Å². The summed E-state index contributed by atoms with van der Waals surface area (Å²) >= 11 is 0. The van der Waals surface area contributed by atoms with Gasteiger partial charge in [-0.15, -0.1) is 0 Å². The van der Waals surface area contributed by atoms with Gasteiger partial charge in [-0.1, -0.05) is 12.1 Å². The maximum absolute atomic E-state index is 14.0. The van der Waals surface area contributed by atoms with Gasteiger partial charge in [-0.05, 0) is 38.1 Å². The van der Waals surface area contributed by atoms with Crippen LogP contribution in [0.1, 0.15) is 28.9 Å². The van der Waals surface area contributed by atoms with E-state index < -0.39 is 28.7 Å². The summed E-state index contributed by atoms with van der Waals surface area (Å²) in [5, 5.41) is 9.29. The number of hydrogen-bond donors (Lipinski definition) is 2. The molecular formula is C16H16FN3O4. The summed E-state index contributed by atoms with van der Waals surface area (Å²) in [6.07, 6.45) is 1.93. The topological polar surface area (TPSA) is 95.4 Å². The van der Waals surface area contributed by atoms with Crippen LogP contribution in [-0.2, 0) is 6.54 Å². The Kier molecular flexibility index (Phi) is 4.30. The van der Waals surface area contributed by atoms with Crippen LogP contribution in [0.2, 0.25) is 0 Å². The average molecular weight is 333 g/mol. The van der Waals surface area contributed by atoms with E-state index in [4.69, 9.17) is 0 Å². The number of carbonyl (C=O) groups is 1. The Morgan fingerprint density at radius 2 is 1.88 bits per heavy atom. The third-order valence-corrected chi connectivity index (χ3v) is 4.09. The Morgan fingerprint density at radius 3 is 2.50 bits per heavy atom. The molecule has 2 heterocycles. The number of aromatic carboxylic acids is 1. The van der Waals surface area contributed by atoms with E-state index in [2.05, 4.69) is 4.98 Å². The Morgan fingerprint density at radius 1 is 1.21 bits per heavy atom. The first-order valence-corrected chi connectivity index (χ1v) is 7.58. The molecule has 126 valence electrons. The number of carboxylic acid groups (broad SMARTS) is 1. The van der Waals surface area contributed by atoms with E-state index in [0.717, 1.165) is 32.0 Å². The first-order valence-electron chi connectivity index (χ1n) is 7.58. The SMILES string of the molecule is O=C(O)c1[nH]c(=O)n(-c2ccccc2F)c(=O)c1CN1CCCC1. The normalized spacial score (nSPS) is 14.9. The number of likely N-dealkylation sites (tertiary alicyclic amines) is 1. The van der Waals surface area contributed by atoms with Crippen molar-refractivity contribution in [3.05, 3.63) is 62.2 Å². The highest BCUT2D eigenvalue weighted by Gasteiger charge is 2.23. The highest BCUT2D eigenvalue weighted by atomic mass is 19.1. The van der Waals surface area contributed by atoms with E-state index in [0.29, 0.717) is 4.57 Å². The summed E-state index contributed by atoms with van der Waals surface area (Å²) in [6.45, 7) is 1.60. The van der Waals surface area contributed by atoms with Gasteiger partial charge in [-0.3, -0.25) is 9.69 Å². The molecule has 1 saturated heterocycles. The first kappa shape index (κ1) is 16.1. The summed E-state index contributed by atoms with van der Waals surface area (Å²) in [5.41, 5.74) is -2.49. The molecule has 0 amide bonds. The molecule has 1 aromatic carbocycles. The van der Waals surface area contributed by atoms with Crippen molar-refractivity contribution in [2.75, 3.05) is 13.1 Å². The molecule has 2 aromatic rings. The molecule has 8 heteroatoms. The number of nitrogens with one attached hydrogen (secondary N) is 1. The fourth-order valence-electron chi connectivity index (χ4n) is 2.92. The molecule has 0 atom stereocenters. The summed E-state index contributed by atoms with van der Waals surface area (Å²) in [4.78, 5) is 40.5. The van der Waals surface area contributed by atoms with Crippen LogP contribution in [0.25, 0.3) is 5.69 Å². The number of benzene rings is 1. The molecule has 1 aliphatic rings. The fraction of sp³-hybridized carbons (Fsp3) is 0.312. The maximum Gasteiger partial charge on any atom is 0.352 e. The van der Waals surface area contributed by atoms with Crippen molar-refractivity contribution in [3.63, 3.8) is 0 Å². The quantitative estimate of drug-likeness (QED) is 0.869. The second-order valence-corrected chi connectivity index (χ2v) is 5.66. The summed E-state index contributed by atoms with van der Waals surface area (Å²) in [6, 6.07) is 5.36. The van der Waals surface area contributed by atoms with Crippen molar-refractivity contribution >= 4 is 5.97 Å². The maximum atomic E-state index is 14.0. The standard InChI is InChI=1S/C16H16FN3O4/c17-11-5-1-2-6-12(11)20-14(21)10(9-19-7-3-4-8-19)13(15(22)23)18-16(20)24/h1-2,5-6H,3-4,7-9H2,(H,18,24)(H,22,23). The molecule has 1 fully saturated rings. The second kappa shape index (κ2) is 6.40. The third kappa shape index (κ3) is 2.88. The zero-order chi connectivity index (χ0) is 17.3. The van der Waals surface area contributed by atoms with Crippen LogP contribution >= 0.6 is 0 Å². The minimum absolute atomic E-state index is 0.0488. The number of halogens is 1. The molecule has 0 unspecified atom stereocenters. The average Bonchev–Trinajstić information content (AvgIpc) is 3.04. The van der Waals surface area contributed by atoms with Crippen molar-refractivity contribution in [1.82, 2.24) is 14.5 Å². The Hall–Kier alpha value is -2.74. The van der Waals surface area contributed by atoms with Gasteiger partial charge in [0.2, 0.25) is 0 Å². The molecule has 1 aliphatic heterocycles. The predicted molar refractivity (Wildman–Crippen MR) is 84.1 cm³/mol. The van der Waals surface area contributed by atoms with E-state index in [-0.39, 0.29) is 17.8 Å². The molecule has 2 N–H and O–H groups in total. The number of nitrogens with zero attached hydrogens (tertiary/aromatic N) is 2. The molecule has 24 heavy (non-hydrogen) atoms. The Labute approximate surface area is 136 Å². The van der Waals surface area contributed by atoms with Gasteiger partial charge in [0.1, 0.15) is 11.5 Å². The fourth-order valence-corrected chi connectivity index (χ4v) is 2.92. The molecule has 0 radical (unpaired) electrons. The number of aromatic amines is 1. The lowest BCUT2D eigenvalue weighted by Gasteiger charge is -2.16. The largest absolute Gasteiger partial charge is 0.477 e. The van der Waals surface area contributed by atoms with E-state index in [9.17, 15) is 23.9 Å². The molecule has 0 spiro atoms. The first-order chi connectivity index (χ1) is 11.5. The molecule has 0 aliphatic carbocycles. The van der Waals surface area contributed by atoms with E-state index in [1.165, 1.54) is 18.2 Å². The van der Waals surface area contributed by atoms with Crippen molar-refractivity contribution in [1.29, 1.82) is 0 Å². The van der Waals surface area contributed by atoms with Crippen molar-refractivity contribution in [2.24, 2.45) is 0 Å². The Balaban J connectivity index is 2.21. The van der Waals surface area contributed by atoms with Gasteiger partial charge in [0.15, 0.2) is 0 Å². The predicted octanol–water partition coefficient (Wildman–Crippen LogP) is 0.959. The van der Waals surface area contributed by atoms with Gasteiger partial charge in [0.05, 0.1) is 11.3 Å². The van der Waals surface area contributed by atoms with Gasteiger partial charge in [0, 0.05) is 6.54 Å². The van der Waals surface area contributed by atoms with Gasteiger partial charge in [0.25, 0.3) is 5.56 Å². The highest BCUT2D eigenvalue weighted by Crippen LogP contribution is 2.14. The zero-order valence-corrected chi connectivity index (χ0v) is 12.8. The summed E-state index contributed by atoms with van der Waals surface area (Å²) in [7, 11) is 0. The van der Waals surface area contributed by atoms with Crippen LogP contribution in [-0.4, -0.2) is 38.6 Å². The van der Waals surface area contributed by atoms with E-state index >= 15 is 0 Å². The number of para-hydroxylation sites is 1. The van der Waals surface area contributed by atoms with E-state index in [1.807, 2.05) is 4.90 Å². The summed E-state index contributed by atoms with van der Waals surface area (Å²) in [5.74, 6) is -2.13. The molecule has 3 rings (SSSR count). The molecular weight excluding hydrogens is 317 g/mol. The van der Waals surface area contributed by atoms with Crippen LogP contribution in [0.3, 0.4) is 0 Å². The molecule has 0 bridgehead atoms. The lowest BCUT2D eigenvalue weighted by molar-refractivity contribution is 0.0687. The Bertz CT molecular complexity index is 897. The zero-order valence-electron chi connectivity index (χ0n) is 12.8. The van der Waals surface area contributed by atoms with Crippen LogP contribution in [0.15, 0.2) is 33.9 Å². The number of carboxylic acids is 1. The van der Waals surface area contributed by atoms with Crippen LogP contribution < -0.4 is 11.2 Å². The molecule has 1 aromatic heterocycles. The number of hydrogen-bond acceptors (Lipinski definition) is 4. The second-order valence-electron chi connectivity index (χ2n) is 5.66. The lowest BCUT2D eigenvalue weighted by Crippen LogP contribution is -2.40. The number of H-pyrrole nitrogens is 1. The highest BCUT2D eigenvalue weighted by molar-refractivity contribution is 5.86. The molecule has 7 nitrogen and oxygen atoms in total. The minimum Gasteiger partial charge on any atom is -0.477 e. The van der Waals surface area contributed by atoms with Crippen LogP contribution in [0, 0.1) is 5.82 Å². The minimum atomic E-state index is -1.39. The van der Waals surface area contributed by atoms with Crippen LogP contribution in [0.4, 0.5) is 4.39 Å². The lowest BCUT2D eigenvalue weighted by atomic mass is 10.2. The molecule has 0 saturated carbocycles. The van der Waals surface area contributed by atoms with Gasteiger partial charge < -0.3 is 10.1 Å². The third-order valence-electron chi connectivity index (χ3n) is 4.09. The van der Waals surface area contributed by atoms with E-state index in [1.54, 1.807) is 0 Å². The van der Waals surface area contributed by atoms with Crippen LogP contribution in [0.5, 0.6) is 0 Å².